The number of halogens is 1. The highest BCUT2D eigenvalue weighted by molar-refractivity contribution is 7.89. The Bertz CT molecular complexity index is 591. The first-order valence-corrected chi connectivity index (χ1v) is 8.49. The van der Waals surface area contributed by atoms with Crippen LogP contribution in [0.5, 0.6) is 0 Å². The van der Waals surface area contributed by atoms with Crippen LogP contribution in [0.25, 0.3) is 0 Å². The number of nitrogens with two attached hydrogens (primary N) is 1. The van der Waals surface area contributed by atoms with Crippen LogP contribution in [0.2, 0.25) is 0 Å². The van der Waals surface area contributed by atoms with E-state index in [4.69, 9.17) is 5.73 Å². The normalized spacial score (nSPS) is 17.2. The van der Waals surface area contributed by atoms with Crippen LogP contribution in [0, 0.1) is 5.92 Å². The molecule has 0 saturated heterocycles. The Labute approximate surface area is 137 Å². The smallest absolute Gasteiger partial charge is 0.241 e. The Kier molecular flexibility index (Phi) is 6.80. The molecule has 1 amide bonds. The van der Waals surface area contributed by atoms with Gasteiger partial charge in [-0.25, -0.2) is 8.42 Å². The molecule has 4 N–H and O–H groups in total. The maximum atomic E-state index is 12.1. The van der Waals surface area contributed by atoms with Gasteiger partial charge >= 0.3 is 0 Å². The average Bonchev–Trinajstić information content (AvgIpc) is 3.29. The molecule has 0 aromatic heterocycles. The van der Waals surface area contributed by atoms with Gasteiger partial charge in [-0.05, 0) is 37.8 Å². The van der Waals surface area contributed by atoms with Gasteiger partial charge in [-0.1, -0.05) is 18.2 Å². The highest BCUT2D eigenvalue weighted by atomic mass is 35.5. The lowest BCUT2D eigenvalue weighted by Gasteiger charge is -2.16. The highest BCUT2D eigenvalue weighted by Gasteiger charge is 2.29. The van der Waals surface area contributed by atoms with Gasteiger partial charge in [0.05, 0.1) is 10.9 Å². The first kappa shape index (κ1) is 18.9. The molecular weight excluding hydrogens is 326 g/mol. The molecule has 0 bridgehead atoms. The summed E-state index contributed by atoms with van der Waals surface area (Å²) in [6.07, 6.45) is 2.21. The summed E-state index contributed by atoms with van der Waals surface area (Å²) in [4.78, 5) is 12.0. The number of carbonyl (C=O) groups excluding carboxylic acids is 1. The van der Waals surface area contributed by atoms with Gasteiger partial charge in [0.1, 0.15) is 0 Å². The molecule has 1 aliphatic rings. The number of benzene rings is 1. The Hall–Kier alpha value is -1.15. The number of hydrogen-bond donors (Lipinski definition) is 3. The molecule has 1 saturated carbocycles. The van der Waals surface area contributed by atoms with Crippen molar-refractivity contribution in [2.24, 2.45) is 11.7 Å². The SMILES string of the molecule is CC(NS(=O)(=O)c1ccccc1)C(=O)NCC(N)C1CC1.Cl. The summed E-state index contributed by atoms with van der Waals surface area (Å²) < 4.78 is 26.5. The molecule has 0 aliphatic heterocycles. The Morgan fingerprint density at radius 3 is 2.45 bits per heavy atom. The number of hydrogen-bond acceptors (Lipinski definition) is 4. The second-order valence-electron chi connectivity index (χ2n) is 5.40. The minimum absolute atomic E-state index is 0. The second-order valence-corrected chi connectivity index (χ2v) is 7.12. The summed E-state index contributed by atoms with van der Waals surface area (Å²) in [7, 11) is -3.69. The molecule has 1 fully saturated rings. The third kappa shape index (κ3) is 5.24. The van der Waals surface area contributed by atoms with Crippen molar-refractivity contribution in [1.82, 2.24) is 10.0 Å². The molecule has 0 radical (unpaired) electrons. The van der Waals surface area contributed by atoms with Gasteiger partial charge in [0.2, 0.25) is 15.9 Å². The summed E-state index contributed by atoms with van der Waals surface area (Å²) in [5, 5.41) is 2.69. The standard InChI is InChI=1S/C14H21N3O3S.ClH/c1-10(14(18)16-9-13(15)11-7-8-11)17-21(19,20)12-5-3-2-4-6-12;/h2-6,10-11,13,17H,7-9,15H2,1H3,(H,16,18);1H. The van der Waals surface area contributed by atoms with Crippen LogP contribution in [-0.2, 0) is 14.8 Å². The van der Waals surface area contributed by atoms with Crippen molar-refractivity contribution in [3.63, 3.8) is 0 Å². The van der Waals surface area contributed by atoms with E-state index in [9.17, 15) is 13.2 Å². The van der Waals surface area contributed by atoms with Crippen LogP contribution >= 0.6 is 12.4 Å². The fourth-order valence-electron chi connectivity index (χ4n) is 2.02. The maximum absolute atomic E-state index is 12.1. The lowest BCUT2D eigenvalue weighted by molar-refractivity contribution is -0.122. The van der Waals surface area contributed by atoms with Gasteiger partial charge in [0.25, 0.3) is 0 Å². The average molecular weight is 348 g/mol. The molecule has 0 heterocycles. The third-order valence-corrected chi connectivity index (χ3v) is 5.07. The molecule has 2 unspecified atom stereocenters. The third-order valence-electron chi connectivity index (χ3n) is 3.52. The summed E-state index contributed by atoms with van der Waals surface area (Å²) in [6.45, 7) is 1.89. The van der Waals surface area contributed by atoms with Crippen molar-refractivity contribution in [1.29, 1.82) is 0 Å². The number of nitrogens with one attached hydrogen (secondary N) is 2. The lowest BCUT2D eigenvalue weighted by atomic mass is 10.2. The van der Waals surface area contributed by atoms with Crippen LogP contribution in [0.15, 0.2) is 35.2 Å². The zero-order valence-corrected chi connectivity index (χ0v) is 14.0. The fourth-order valence-corrected chi connectivity index (χ4v) is 3.24. The molecular formula is C14H22ClN3O3S. The lowest BCUT2D eigenvalue weighted by Crippen LogP contribution is -2.48. The van der Waals surface area contributed by atoms with E-state index < -0.39 is 16.1 Å². The van der Waals surface area contributed by atoms with E-state index in [2.05, 4.69) is 10.0 Å². The molecule has 1 aromatic carbocycles. The molecule has 0 spiro atoms. The molecule has 2 atom stereocenters. The van der Waals surface area contributed by atoms with E-state index in [1.165, 1.54) is 19.1 Å². The zero-order valence-electron chi connectivity index (χ0n) is 12.4. The summed E-state index contributed by atoms with van der Waals surface area (Å²) >= 11 is 0. The maximum Gasteiger partial charge on any atom is 0.241 e. The Morgan fingerprint density at radius 1 is 1.32 bits per heavy atom. The van der Waals surface area contributed by atoms with Crippen molar-refractivity contribution in [2.75, 3.05) is 6.54 Å². The van der Waals surface area contributed by atoms with E-state index >= 15 is 0 Å². The van der Waals surface area contributed by atoms with Crippen molar-refractivity contribution >= 4 is 28.3 Å². The van der Waals surface area contributed by atoms with E-state index in [1.54, 1.807) is 18.2 Å². The largest absolute Gasteiger partial charge is 0.353 e. The van der Waals surface area contributed by atoms with Gasteiger partial charge in [-0.2, -0.15) is 4.72 Å². The van der Waals surface area contributed by atoms with E-state index in [0.29, 0.717) is 12.5 Å². The van der Waals surface area contributed by atoms with Gasteiger partial charge in [-0.3, -0.25) is 4.79 Å². The molecule has 124 valence electrons. The van der Waals surface area contributed by atoms with Crippen molar-refractivity contribution < 1.29 is 13.2 Å². The number of sulfonamides is 1. The van der Waals surface area contributed by atoms with E-state index in [1.807, 2.05) is 0 Å². The molecule has 1 aliphatic carbocycles. The predicted molar refractivity (Wildman–Crippen MR) is 87.2 cm³/mol. The van der Waals surface area contributed by atoms with Crippen LogP contribution in [0.4, 0.5) is 0 Å². The monoisotopic (exact) mass is 347 g/mol. The van der Waals surface area contributed by atoms with Gasteiger partial charge in [0, 0.05) is 12.6 Å². The number of amides is 1. The molecule has 22 heavy (non-hydrogen) atoms. The first-order chi connectivity index (χ1) is 9.90. The molecule has 1 aromatic rings. The summed E-state index contributed by atoms with van der Waals surface area (Å²) in [6, 6.07) is 7.07. The summed E-state index contributed by atoms with van der Waals surface area (Å²) in [5.74, 6) is 0.118. The van der Waals surface area contributed by atoms with Crippen LogP contribution in [-0.4, -0.2) is 33.0 Å². The van der Waals surface area contributed by atoms with Crippen LogP contribution in [0.1, 0.15) is 19.8 Å². The minimum Gasteiger partial charge on any atom is -0.353 e. The van der Waals surface area contributed by atoms with Crippen molar-refractivity contribution in [2.45, 2.75) is 36.7 Å². The fraction of sp³-hybridized carbons (Fsp3) is 0.500. The minimum atomic E-state index is -3.69. The van der Waals surface area contributed by atoms with Crippen LogP contribution < -0.4 is 15.8 Å². The van der Waals surface area contributed by atoms with Gasteiger partial charge in [-0.15, -0.1) is 12.4 Å². The molecule has 2 rings (SSSR count). The first-order valence-electron chi connectivity index (χ1n) is 7.01. The van der Waals surface area contributed by atoms with Crippen LogP contribution in [0.3, 0.4) is 0 Å². The quantitative estimate of drug-likeness (QED) is 0.673. The highest BCUT2D eigenvalue weighted by Crippen LogP contribution is 2.31. The molecule has 6 nitrogen and oxygen atoms in total. The summed E-state index contributed by atoms with van der Waals surface area (Å²) in [5.41, 5.74) is 5.89. The van der Waals surface area contributed by atoms with E-state index in [0.717, 1.165) is 12.8 Å². The zero-order chi connectivity index (χ0) is 15.5. The van der Waals surface area contributed by atoms with Crippen molar-refractivity contribution in [3.8, 4) is 0 Å². The predicted octanol–water partition coefficient (Wildman–Crippen LogP) is 0.629. The van der Waals surface area contributed by atoms with Crippen molar-refractivity contribution in [3.05, 3.63) is 30.3 Å². The Morgan fingerprint density at radius 2 is 1.91 bits per heavy atom. The van der Waals surface area contributed by atoms with Gasteiger partial charge in [0.15, 0.2) is 0 Å². The Balaban J connectivity index is 0.00000242. The van der Waals surface area contributed by atoms with E-state index in [-0.39, 0.29) is 29.3 Å². The van der Waals surface area contributed by atoms with Gasteiger partial charge < -0.3 is 11.1 Å². The second kappa shape index (κ2) is 7.92. The number of carbonyl (C=O) groups is 1. The topological polar surface area (TPSA) is 101 Å². The molecule has 8 heteroatoms. The number of rotatable bonds is 7.